The highest BCUT2D eigenvalue weighted by molar-refractivity contribution is 7.22. The van der Waals surface area contributed by atoms with E-state index in [1.807, 2.05) is 23.1 Å². The van der Waals surface area contributed by atoms with Crippen LogP contribution < -0.4 is 10.2 Å². The van der Waals surface area contributed by atoms with Gasteiger partial charge in [0.2, 0.25) is 5.91 Å². The molecule has 7 heteroatoms. The van der Waals surface area contributed by atoms with Crippen molar-refractivity contribution >= 4 is 44.2 Å². The number of carbonyl (C=O) groups is 2. The number of aryl methyl sites for hydroxylation is 2. The second-order valence-corrected chi connectivity index (χ2v) is 9.21. The Morgan fingerprint density at radius 1 is 1.10 bits per heavy atom. The van der Waals surface area contributed by atoms with Crippen LogP contribution >= 0.6 is 11.3 Å². The predicted molar refractivity (Wildman–Crippen MR) is 125 cm³/mol. The standard InChI is InChI=1S/C24H26N4O2S/c1-2-16-6-8-20-21(14-16)31-24(26-20)28-12-10-27(11-13-28)23(30)18-7-9-19-17(15-18)4-3-5-22(29)25-19/h6-9,14-15H,2-5,10-13H2,1H3,(H,25,29). The molecule has 5 rings (SSSR count). The maximum absolute atomic E-state index is 13.1. The normalized spacial score (nSPS) is 16.7. The molecule has 0 aliphatic carbocycles. The summed E-state index contributed by atoms with van der Waals surface area (Å²) in [6, 6.07) is 12.1. The van der Waals surface area contributed by atoms with Crippen molar-refractivity contribution < 1.29 is 9.59 Å². The molecule has 0 saturated carbocycles. The predicted octanol–water partition coefficient (Wildman–Crippen LogP) is 4.10. The molecule has 1 fully saturated rings. The number of rotatable bonds is 3. The van der Waals surface area contributed by atoms with Gasteiger partial charge in [0.1, 0.15) is 0 Å². The van der Waals surface area contributed by atoms with E-state index in [9.17, 15) is 9.59 Å². The first-order chi connectivity index (χ1) is 15.1. The Balaban J connectivity index is 1.27. The minimum atomic E-state index is 0.0507. The van der Waals surface area contributed by atoms with Crippen molar-refractivity contribution in [1.82, 2.24) is 9.88 Å². The molecular weight excluding hydrogens is 408 g/mol. The van der Waals surface area contributed by atoms with Crippen LogP contribution in [-0.4, -0.2) is 47.9 Å². The molecule has 1 N–H and O–H groups in total. The van der Waals surface area contributed by atoms with E-state index in [4.69, 9.17) is 4.98 Å². The number of nitrogens with zero attached hydrogens (tertiary/aromatic N) is 3. The first-order valence-corrected chi connectivity index (χ1v) is 11.8. The molecule has 160 valence electrons. The van der Waals surface area contributed by atoms with Crippen LogP contribution in [0.3, 0.4) is 0 Å². The lowest BCUT2D eigenvalue weighted by Crippen LogP contribution is -2.48. The van der Waals surface area contributed by atoms with Gasteiger partial charge < -0.3 is 15.1 Å². The molecule has 0 spiro atoms. The zero-order chi connectivity index (χ0) is 21.4. The lowest BCUT2D eigenvalue weighted by atomic mass is 10.0. The average Bonchev–Trinajstić information content (AvgIpc) is 3.13. The molecule has 1 aromatic heterocycles. The van der Waals surface area contributed by atoms with Crippen LogP contribution in [0.25, 0.3) is 10.2 Å². The monoisotopic (exact) mass is 434 g/mol. The van der Waals surface area contributed by atoms with Gasteiger partial charge in [-0.3, -0.25) is 9.59 Å². The molecule has 1 saturated heterocycles. The average molecular weight is 435 g/mol. The van der Waals surface area contributed by atoms with E-state index >= 15 is 0 Å². The number of hydrogen-bond donors (Lipinski definition) is 1. The zero-order valence-corrected chi connectivity index (χ0v) is 18.5. The fourth-order valence-electron chi connectivity index (χ4n) is 4.30. The van der Waals surface area contributed by atoms with Gasteiger partial charge in [-0.25, -0.2) is 4.98 Å². The first kappa shape index (κ1) is 20.0. The van der Waals surface area contributed by atoms with E-state index in [-0.39, 0.29) is 11.8 Å². The quantitative estimate of drug-likeness (QED) is 0.674. The van der Waals surface area contributed by atoms with Gasteiger partial charge in [-0.05, 0) is 60.7 Å². The molecule has 31 heavy (non-hydrogen) atoms. The number of fused-ring (bicyclic) bond motifs is 2. The summed E-state index contributed by atoms with van der Waals surface area (Å²) in [5.41, 5.74) is 4.98. The first-order valence-electron chi connectivity index (χ1n) is 11.0. The molecular formula is C24H26N4O2S. The van der Waals surface area contributed by atoms with Gasteiger partial charge in [0.05, 0.1) is 10.2 Å². The largest absolute Gasteiger partial charge is 0.345 e. The summed E-state index contributed by atoms with van der Waals surface area (Å²) in [4.78, 5) is 33.9. The molecule has 0 unspecified atom stereocenters. The molecule has 2 aliphatic heterocycles. The molecule has 2 aliphatic rings. The molecule has 3 heterocycles. The van der Waals surface area contributed by atoms with Gasteiger partial charge in [0.15, 0.2) is 5.13 Å². The Morgan fingerprint density at radius 3 is 2.74 bits per heavy atom. The van der Waals surface area contributed by atoms with Crippen molar-refractivity contribution in [1.29, 1.82) is 0 Å². The maximum atomic E-state index is 13.1. The van der Waals surface area contributed by atoms with Gasteiger partial charge in [-0.2, -0.15) is 0 Å². The van der Waals surface area contributed by atoms with Crippen molar-refractivity contribution in [2.24, 2.45) is 0 Å². The molecule has 3 aromatic rings. The van der Waals surface area contributed by atoms with Crippen LogP contribution in [-0.2, 0) is 17.6 Å². The van der Waals surface area contributed by atoms with Gasteiger partial charge in [0.25, 0.3) is 5.91 Å². The van der Waals surface area contributed by atoms with E-state index in [0.29, 0.717) is 25.1 Å². The number of aromatic nitrogens is 1. The number of piperazine rings is 1. The second-order valence-electron chi connectivity index (χ2n) is 8.20. The summed E-state index contributed by atoms with van der Waals surface area (Å²) in [5.74, 6) is 0.115. The minimum absolute atomic E-state index is 0.0507. The van der Waals surface area contributed by atoms with E-state index in [1.165, 1.54) is 10.3 Å². The third-order valence-corrected chi connectivity index (χ3v) is 7.24. The SMILES string of the molecule is CCc1ccc2nc(N3CCN(C(=O)c4ccc5c(c4)CCCC(=O)N5)CC3)sc2c1. The van der Waals surface area contributed by atoms with Gasteiger partial charge >= 0.3 is 0 Å². The molecule has 2 amide bonds. The molecule has 6 nitrogen and oxygen atoms in total. The van der Waals surface area contributed by atoms with E-state index < -0.39 is 0 Å². The third-order valence-electron chi connectivity index (χ3n) is 6.16. The van der Waals surface area contributed by atoms with Crippen LogP contribution in [0, 0.1) is 0 Å². The van der Waals surface area contributed by atoms with Gasteiger partial charge in [-0.15, -0.1) is 0 Å². The number of benzene rings is 2. The van der Waals surface area contributed by atoms with Crippen molar-refractivity contribution in [3.63, 3.8) is 0 Å². The van der Waals surface area contributed by atoms with E-state index in [2.05, 4.69) is 35.3 Å². The number of amides is 2. The van der Waals surface area contributed by atoms with Crippen LogP contribution in [0.1, 0.15) is 41.3 Å². The van der Waals surface area contributed by atoms with Gasteiger partial charge in [0, 0.05) is 43.9 Å². The van der Waals surface area contributed by atoms with Crippen LogP contribution in [0.4, 0.5) is 10.8 Å². The van der Waals surface area contributed by atoms with Crippen molar-refractivity contribution in [2.75, 3.05) is 36.4 Å². The second kappa shape index (κ2) is 8.30. The summed E-state index contributed by atoms with van der Waals surface area (Å²) in [7, 11) is 0. The zero-order valence-electron chi connectivity index (χ0n) is 17.7. The van der Waals surface area contributed by atoms with Crippen molar-refractivity contribution in [2.45, 2.75) is 32.6 Å². The summed E-state index contributed by atoms with van der Waals surface area (Å²) in [6.45, 7) is 5.10. The Hall–Kier alpha value is -2.93. The number of hydrogen-bond acceptors (Lipinski definition) is 5. The third kappa shape index (κ3) is 4.02. The van der Waals surface area contributed by atoms with Crippen LogP contribution in [0.15, 0.2) is 36.4 Å². The van der Waals surface area contributed by atoms with E-state index in [0.717, 1.165) is 54.3 Å². The molecule has 0 bridgehead atoms. The highest BCUT2D eigenvalue weighted by Gasteiger charge is 2.25. The fraction of sp³-hybridized carbons (Fsp3) is 0.375. The van der Waals surface area contributed by atoms with Crippen LogP contribution in [0.2, 0.25) is 0 Å². The fourth-order valence-corrected chi connectivity index (χ4v) is 5.38. The lowest BCUT2D eigenvalue weighted by molar-refractivity contribution is -0.116. The lowest BCUT2D eigenvalue weighted by Gasteiger charge is -2.34. The van der Waals surface area contributed by atoms with E-state index in [1.54, 1.807) is 11.3 Å². The maximum Gasteiger partial charge on any atom is 0.253 e. The number of nitrogens with one attached hydrogen (secondary N) is 1. The van der Waals surface area contributed by atoms with Crippen molar-refractivity contribution in [3.05, 3.63) is 53.1 Å². The summed E-state index contributed by atoms with van der Waals surface area (Å²) < 4.78 is 1.23. The van der Waals surface area contributed by atoms with Crippen LogP contribution in [0.5, 0.6) is 0 Å². The number of thiazole rings is 1. The molecule has 0 radical (unpaired) electrons. The summed E-state index contributed by atoms with van der Waals surface area (Å²) in [6.07, 6.45) is 3.20. The Kier molecular flexibility index (Phi) is 5.36. The highest BCUT2D eigenvalue weighted by atomic mass is 32.1. The Bertz CT molecular complexity index is 1150. The topological polar surface area (TPSA) is 65.5 Å². The van der Waals surface area contributed by atoms with Crippen molar-refractivity contribution in [3.8, 4) is 0 Å². The summed E-state index contributed by atoms with van der Waals surface area (Å²) in [5, 5.41) is 3.97. The Morgan fingerprint density at radius 2 is 1.94 bits per heavy atom. The highest BCUT2D eigenvalue weighted by Crippen LogP contribution is 2.30. The van der Waals surface area contributed by atoms with Gasteiger partial charge in [-0.1, -0.05) is 24.3 Å². The number of anilines is 2. The molecule has 2 aromatic carbocycles. The summed E-state index contributed by atoms with van der Waals surface area (Å²) >= 11 is 1.73. The smallest absolute Gasteiger partial charge is 0.253 e. The number of carbonyl (C=O) groups excluding carboxylic acids is 2. The Labute approximate surface area is 185 Å². The molecule has 0 atom stereocenters. The minimum Gasteiger partial charge on any atom is -0.345 e.